The molecule has 0 saturated heterocycles. The molecule has 1 aromatic carbocycles. The van der Waals surface area contributed by atoms with Gasteiger partial charge >= 0.3 is 6.09 Å². The standard InChI is InChI=1S/C16H23NO4/c1-5-8-21-16(18)17-7-6-12-9-14(19-3)15(20-4)10-13(12)11(17)2/h9-11H,5-8H2,1-4H3/t11-/m1/s1. The number of carbonyl (C=O) groups excluding carboxylic acids is 1. The van der Waals surface area contributed by atoms with Crippen molar-refractivity contribution in [2.45, 2.75) is 32.7 Å². The fourth-order valence-corrected chi connectivity index (χ4v) is 2.67. The quantitative estimate of drug-likeness (QED) is 0.855. The van der Waals surface area contributed by atoms with Crippen molar-refractivity contribution in [3.05, 3.63) is 23.3 Å². The zero-order valence-electron chi connectivity index (χ0n) is 13.1. The minimum Gasteiger partial charge on any atom is -0.493 e. The van der Waals surface area contributed by atoms with Crippen molar-refractivity contribution in [3.8, 4) is 11.5 Å². The van der Waals surface area contributed by atoms with E-state index in [1.165, 1.54) is 5.56 Å². The summed E-state index contributed by atoms with van der Waals surface area (Å²) < 4.78 is 15.9. The number of benzene rings is 1. The molecule has 21 heavy (non-hydrogen) atoms. The third-order valence-electron chi connectivity index (χ3n) is 3.85. The highest BCUT2D eigenvalue weighted by atomic mass is 16.6. The van der Waals surface area contributed by atoms with Gasteiger partial charge in [-0.2, -0.15) is 0 Å². The summed E-state index contributed by atoms with van der Waals surface area (Å²) in [5.74, 6) is 1.41. The summed E-state index contributed by atoms with van der Waals surface area (Å²) in [6, 6.07) is 3.93. The van der Waals surface area contributed by atoms with Gasteiger partial charge in [0.2, 0.25) is 0 Å². The summed E-state index contributed by atoms with van der Waals surface area (Å²) in [5.41, 5.74) is 2.28. The Bertz CT molecular complexity index is 515. The van der Waals surface area contributed by atoms with Crippen LogP contribution in [0.25, 0.3) is 0 Å². The van der Waals surface area contributed by atoms with Crippen molar-refractivity contribution in [1.82, 2.24) is 4.90 Å². The van der Waals surface area contributed by atoms with E-state index in [9.17, 15) is 4.79 Å². The van der Waals surface area contributed by atoms with Crippen LogP contribution in [0.15, 0.2) is 12.1 Å². The molecule has 116 valence electrons. The number of amides is 1. The summed E-state index contributed by atoms with van der Waals surface area (Å²) in [4.78, 5) is 13.9. The van der Waals surface area contributed by atoms with Gasteiger partial charge in [0.1, 0.15) is 0 Å². The third-order valence-corrected chi connectivity index (χ3v) is 3.85. The van der Waals surface area contributed by atoms with Crippen molar-refractivity contribution in [1.29, 1.82) is 0 Å². The molecular weight excluding hydrogens is 270 g/mol. The highest BCUT2D eigenvalue weighted by Crippen LogP contribution is 2.37. The topological polar surface area (TPSA) is 48.0 Å². The van der Waals surface area contributed by atoms with Gasteiger partial charge in [0.15, 0.2) is 11.5 Å². The normalized spacial score (nSPS) is 17.1. The van der Waals surface area contributed by atoms with Gasteiger partial charge in [-0.25, -0.2) is 4.79 Å². The van der Waals surface area contributed by atoms with E-state index in [0.717, 1.165) is 24.2 Å². The molecule has 0 aromatic heterocycles. The van der Waals surface area contributed by atoms with Crippen molar-refractivity contribution < 1.29 is 19.0 Å². The number of hydrogen-bond acceptors (Lipinski definition) is 4. The van der Waals surface area contributed by atoms with Crippen LogP contribution in [0.4, 0.5) is 4.79 Å². The van der Waals surface area contributed by atoms with Crippen LogP contribution in [-0.4, -0.2) is 38.4 Å². The van der Waals surface area contributed by atoms with Crippen molar-refractivity contribution in [3.63, 3.8) is 0 Å². The molecule has 1 atom stereocenters. The predicted molar refractivity (Wildman–Crippen MR) is 80.0 cm³/mol. The van der Waals surface area contributed by atoms with Crippen LogP contribution in [0.3, 0.4) is 0 Å². The second-order valence-corrected chi connectivity index (χ2v) is 5.14. The van der Waals surface area contributed by atoms with Gasteiger partial charge in [0.05, 0.1) is 26.9 Å². The largest absolute Gasteiger partial charge is 0.493 e. The van der Waals surface area contributed by atoms with Gasteiger partial charge < -0.3 is 19.1 Å². The maximum Gasteiger partial charge on any atom is 0.410 e. The van der Waals surface area contributed by atoms with E-state index < -0.39 is 0 Å². The highest BCUT2D eigenvalue weighted by Gasteiger charge is 2.29. The summed E-state index contributed by atoms with van der Waals surface area (Å²) >= 11 is 0. The van der Waals surface area contributed by atoms with E-state index in [0.29, 0.717) is 18.9 Å². The number of fused-ring (bicyclic) bond motifs is 1. The lowest BCUT2D eigenvalue weighted by atomic mass is 9.93. The van der Waals surface area contributed by atoms with Gasteiger partial charge in [-0.05, 0) is 43.0 Å². The Kier molecular flexibility index (Phi) is 4.94. The minimum atomic E-state index is -0.246. The van der Waals surface area contributed by atoms with Gasteiger partial charge in [-0.1, -0.05) is 6.92 Å². The van der Waals surface area contributed by atoms with E-state index in [1.807, 2.05) is 26.0 Å². The molecule has 0 aliphatic carbocycles. The zero-order chi connectivity index (χ0) is 15.4. The molecule has 1 aromatic rings. The molecule has 5 nitrogen and oxygen atoms in total. The number of rotatable bonds is 4. The lowest BCUT2D eigenvalue weighted by Crippen LogP contribution is -2.39. The third kappa shape index (κ3) is 3.06. The molecular formula is C16H23NO4. The SMILES string of the molecule is CCCOC(=O)N1CCc2cc(OC)c(OC)cc2[C@H]1C. The van der Waals surface area contributed by atoms with Crippen LogP contribution in [-0.2, 0) is 11.2 Å². The van der Waals surface area contributed by atoms with Crippen molar-refractivity contribution >= 4 is 6.09 Å². The van der Waals surface area contributed by atoms with E-state index >= 15 is 0 Å². The Hall–Kier alpha value is -1.91. The monoisotopic (exact) mass is 293 g/mol. The first-order valence-electron chi connectivity index (χ1n) is 7.30. The van der Waals surface area contributed by atoms with Crippen LogP contribution >= 0.6 is 0 Å². The van der Waals surface area contributed by atoms with Gasteiger partial charge in [-0.15, -0.1) is 0 Å². The Morgan fingerprint density at radius 1 is 1.29 bits per heavy atom. The van der Waals surface area contributed by atoms with Crippen LogP contribution in [0.5, 0.6) is 11.5 Å². The number of methoxy groups -OCH3 is 2. The molecule has 1 aliphatic rings. The Balaban J connectivity index is 2.26. The molecule has 0 saturated carbocycles. The number of carbonyl (C=O) groups is 1. The van der Waals surface area contributed by atoms with Gasteiger partial charge in [-0.3, -0.25) is 0 Å². The second-order valence-electron chi connectivity index (χ2n) is 5.14. The van der Waals surface area contributed by atoms with Crippen LogP contribution in [0.2, 0.25) is 0 Å². The molecule has 1 heterocycles. The van der Waals surface area contributed by atoms with E-state index in [4.69, 9.17) is 14.2 Å². The average Bonchev–Trinajstić information content (AvgIpc) is 2.51. The van der Waals surface area contributed by atoms with Crippen LogP contribution in [0, 0.1) is 0 Å². The first kappa shape index (κ1) is 15.5. The van der Waals surface area contributed by atoms with Gasteiger partial charge in [0, 0.05) is 6.54 Å². The zero-order valence-corrected chi connectivity index (χ0v) is 13.1. The molecule has 0 radical (unpaired) electrons. The molecule has 2 rings (SSSR count). The van der Waals surface area contributed by atoms with E-state index in [1.54, 1.807) is 19.1 Å². The lowest BCUT2D eigenvalue weighted by molar-refractivity contribution is 0.0859. The molecule has 0 bridgehead atoms. The van der Waals surface area contributed by atoms with Crippen LogP contribution in [0.1, 0.15) is 37.4 Å². The molecule has 0 N–H and O–H groups in total. The molecule has 0 unspecified atom stereocenters. The predicted octanol–water partition coefficient (Wildman–Crippen LogP) is 3.17. The molecule has 1 amide bonds. The van der Waals surface area contributed by atoms with Crippen LogP contribution < -0.4 is 9.47 Å². The Morgan fingerprint density at radius 2 is 1.95 bits per heavy atom. The Labute approximate surface area is 125 Å². The van der Waals surface area contributed by atoms with Gasteiger partial charge in [0.25, 0.3) is 0 Å². The average molecular weight is 293 g/mol. The first-order valence-corrected chi connectivity index (χ1v) is 7.30. The van der Waals surface area contributed by atoms with E-state index in [-0.39, 0.29) is 12.1 Å². The molecule has 1 aliphatic heterocycles. The number of ether oxygens (including phenoxy) is 3. The second kappa shape index (κ2) is 6.70. The fourth-order valence-electron chi connectivity index (χ4n) is 2.67. The highest BCUT2D eigenvalue weighted by molar-refractivity contribution is 5.69. The maximum absolute atomic E-state index is 12.1. The number of hydrogen-bond donors (Lipinski definition) is 0. The molecule has 0 fully saturated rings. The fraction of sp³-hybridized carbons (Fsp3) is 0.562. The summed E-state index contributed by atoms with van der Waals surface area (Å²) in [6.45, 7) is 5.11. The molecule has 0 spiro atoms. The Morgan fingerprint density at radius 3 is 2.57 bits per heavy atom. The van der Waals surface area contributed by atoms with Crippen molar-refractivity contribution in [2.75, 3.05) is 27.4 Å². The summed E-state index contributed by atoms with van der Waals surface area (Å²) in [7, 11) is 3.25. The maximum atomic E-state index is 12.1. The smallest absolute Gasteiger partial charge is 0.410 e. The van der Waals surface area contributed by atoms with Crippen molar-refractivity contribution in [2.24, 2.45) is 0 Å². The van der Waals surface area contributed by atoms with E-state index in [2.05, 4.69) is 0 Å². The summed E-state index contributed by atoms with van der Waals surface area (Å²) in [5, 5.41) is 0. The summed E-state index contributed by atoms with van der Waals surface area (Å²) in [6.07, 6.45) is 1.38. The lowest BCUT2D eigenvalue weighted by Gasteiger charge is -2.34. The molecule has 5 heteroatoms. The number of nitrogens with zero attached hydrogens (tertiary/aromatic N) is 1. The minimum absolute atomic E-state index is 0.0297. The first-order chi connectivity index (χ1) is 10.1.